The van der Waals surface area contributed by atoms with Crippen LogP contribution in [0.4, 0.5) is 0 Å². The number of aliphatic imine (C=N–C) groups is 1. The molecule has 1 rings (SSSR count). The molecule has 27 heavy (non-hydrogen) atoms. The summed E-state index contributed by atoms with van der Waals surface area (Å²) in [6.07, 6.45) is -0.0958. The van der Waals surface area contributed by atoms with Gasteiger partial charge in [0.2, 0.25) is 5.91 Å². The van der Waals surface area contributed by atoms with Crippen LogP contribution < -0.4 is 25.4 Å². The minimum atomic E-state index is -0.153. The van der Waals surface area contributed by atoms with E-state index in [4.69, 9.17) is 14.2 Å². The van der Waals surface area contributed by atoms with Crippen LogP contribution in [0.2, 0.25) is 0 Å². The molecule has 0 spiro atoms. The molecule has 0 heterocycles. The van der Waals surface area contributed by atoms with E-state index in [0.717, 1.165) is 11.5 Å². The molecule has 1 amide bonds. The van der Waals surface area contributed by atoms with E-state index in [2.05, 4.69) is 20.9 Å². The lowest BCUT2D eigenvalue weighted by atomic mass is 10.3. The van der Waals surface area contributed by atoms with Gasteiger partial charge < -0.3 is 30.2 Å². The van der Waals surface area contributed by atoms with Gasteiger partial charge in [-0.3, -0.25) is 4.79 Å². The van der Waals surface area contributed by atoms with Crippen LogP contribution in [0.3, 0.4) is 0 Å². The van der Waals surface area contributed by atoms with E-state index in [-0.39, 0.29) is 42.5 Å². The molecule has 0 fully saturated rings. The average molecular weight is 494 g/mol. The second kappa shape index (κ2) is 15.3. The van der Waals surface area contributed by atoms with Crippen molar-refractivity contribution in [3.8, 4) is 11.5 Å². The van der Waals surface area contributed by atoms with Crippen molar-refractivity contribution in [2.75, 3.05) is 47.0 Å². The number of carbonyl (C=O) groups is 1. The maximum Gasteiger partial charge on any atom is 0.241 e. The van der Waals surface area contributed by atoms with E-state index in [0.29, 0.717) is 32.2 Å². The Bertz CT molecular complexity index is 572. The van der Waals surface area contributed by atoms with Gasteiger partial charge in [-0.1, -0.05) is 6.07 Å². The minimum absolute atomic E-state index is 0. The minimum Gasteiger partial charge on any atom is -0.497 e. The van der Waals surface area contributed by atoms with Crippen molar-refractivity contribution in [1.82, 2.24) is 16.0 Å². The largest absolute Gasteiger partial charge is 0.497 e. The van der Waals surface area contributed by atoms with Gasteiger partial charge in [0.25, 0.3) is 0 Å². The topological polar surface area (TPSA) is 93.2 Å². The Morgan fingerprint density at radius 1 is 1.19 bits per heavy atom. The summed E-state index contributed by atoms with van der Waals surface area (Å²) in [6.45, 7) is 6.15. The first-order valence-corrected chi connectivity index (χ1v) is 8.67. The van der Waals surface area contributed by atoms with Crippen molar-refractivity contribution < 1.29 is 19.0 Å². The number of amides is 1. The van der Waals surface area contributed by atoms with Crippen LogP contribution >= 0.6 is 24.0 Å². The molecule has 0 saturated carbocycles. The number of hydrogen-bond acceptors (Lipinski definition) is 5. The molecule has 0 aliphatic heterocycles. The summed E-state index contributed by atoms with van der Waals surface area (Å²) in [5.41, 5.74) is 0. The third-order valence-electron chi connectivity index (χ3n) is 3.29. The molecule has 0 saturated heterocycles. The Hall–Kier alpha value is -1.75. The molecule has 1 unspecified atom stereocenters. The molecule has 0 aromatic heterocycles. The first kappa shape index (κ1) is 25.2. The molecule has 1 aromatic rings. The number of halogens is 1. The molecule has 154 valence electrons. The van der Waals surface area contributed by atoms with Gasteiger partial charge >= 0.3 is 0 Å². The number of ether oxygens (including phenoxy) is 3. The molecule has 0 radical (unpaired) electrons. The highest BCUT2D eigenvalue weighted by Crippen LogP contribution is 2.19. The van der Waals surface area contributed by atoms with Crippen molar-refractivity contribution >= 4 is 35.8 Å². The second-order valence-corrected chi connectivity index (χ2v) is 5.53. The van der Waals surface area contributed by atoms with Gasteiger partial charge in [-0.05, 0) is 26.0 Å². The Balaban J connectivity index is 0.00000676. The van der Waals surface area contributed by atoms with Crippen molar-refractivity contribution in [2.24, 2.45) is 4.99 Å². The lowest BCUT2D eigenvalue weighted by Crippen LogP contribution is -2.42. The molecule has 3 N–H and O–H groups in total. The molecule has 0 aliphatic carbocycles. The molecule has 1 aromatic carbocycles. The second-order valence-electron chi connectivity index (χ2n) is 5.53. The number of hydrogen-bond donors (Lipinski definition) is 3. The van der Waals surface area contributed by atoms with E-state index < -0.39 is 0 Å². The first-order valence-electron chi connectivity index (χ1n) is 8.67. The fourth-order valence-corrected chi connectivity index (χ4v) is 2.03. The zero-order chi connectivity index (χ0) is 19.2. The summed E-state index contributed by atoms with van der Waals surface area (Å²) in [5, 5.41) is 9.00. The predicted octanol–water partition coefficient (Wildman–Crippen LogP) is 1.40. The van der Waals surface area contributed by atoms with Gasteiger partial charge in [-0.2, -0.15) is 0 Å². The fraction of sp³-hybridized carbons (Fsp3) is 0.556. The number of methoxy groups -OCH3 is 2. The number of carbonyl (C=O) groups excluding carboxylic acids is 1. The monoisotopic (exact) mass is 494 g/mol. The number of rotatable bonds is 11. The third kappa shape index (κ3) is 11.5. The highest BCUT2D eigenvalue weighted by molar-refractivity contribution is 14.0. The quantitative estimate of drug-likeness (QED) is 0.187. The number of benzene rings is 1. The van der Waals surface area contributed by atoms with E-state index in [1.807, 2.05) is 38.1 Å². The summed E-state index contributed by atoms with van der Waals surface area (Å²) >= 11 is 0. The average Bonchev–Trinajstić information content (AvgIpc) is 2.64. The molecule has 0 bridgehead atoms. The van der Waals surface area contributed by atoms with Crippen LogP contribution in [0, 0.1) is 0 Å². The van der Waals surface area contributed by atoms with Crippen LogP contribution in [-0.4, -0.2) is 65.0 Å². The zero-order valence-electron chi connectivity index (χ0n) is 16.4. The van der Waals surface area contributed by atoms with Crippen molar-refractivity contribution in [2.45, 2.75) is 20.0 Å². The summed E-state index contributed by atoms with van der Waals surface area (Å²) in [5.74, 6) is 1.89. The molecule has 1 atom stereocenters. The van der Waals surface area contributed by atoms with E-state index in [1.165, 1.54) is 0 Å². The molecule has 8 nitrogen and oxygen atoms in total. The highest BCUT2D eigenvalue weighted by atomic mass is 127. The molecular weight excluding hydrogens is 463 g/mol. The summed E-state index contributed by atoms with van der Waals surface area (Å²) < 4.78 is 15.9. The maximum atomic E-state index is 11.7. The normalized spacial score (nSPS) is 11.8. The predicted molar refractivity (Wildman–Crippen MR) is 117 cm³/mol. The molecular formula is C18H31IN4O4. The van der Waals surface area contributed by atoms with Gasteiger partial charge in [-0.15, -0.1) is 24.0 Å². The molecule has 0 aliphatic rings. The third-order valence-corrected chi connectivity index (χ3v) is 3.29. The summed E-state index contributed by atoms with van der Waals surface area (Å²) in [6, 6.07) is 7.45. The van der Waals surface area contributed by atoms with Crippen molar-refractivity contribution in [3.05, 3.63) is 24.3 Å². The van der Waals surface area contributed by atoms with E-state index >= 15 is 0 Å². The Morgan fingerprint density at radius 3 is 2.59 bits per heavy atom. The van der Waals surface area contributed by atoms with Crippen LogP contribution in [0.15, 0.2) is 29.3 Å². The Morgan fingerprint density at radius 2 is 1.93 bits per heavy atom. The maximum absolute atomic E-state index is 11.7. The van der Waals surface area contributed by atoms with Crippen molar-refractivity contribution in [3.63, 3.8) is 0 Å². The van der Waals surface area contributed by atoms with Gasteiger partial charge in [0.1, 0.15) is 24.1 Å². The number of guanidine groups is 1. The molecule has 9 heteroatoms. The van der Waals surface area contributed by atoms with Gasteiger partial charge in [0.15, 0.2) is 5.96 Å². The van der Waals surface area contributed by atoms with Gasteiger partial charge in [0, 0.05) is 26.3 Å². The lowest BCUT2D eigenvalue weighted by Gasteiger charge is -2.18. The SMILES string of the molecule is CCNC(=NCC(=O)NCCOC)NCC(C)Oc1cccc(OC)c1.I. The number of nitrogens with zero attached hydrogens (tertiary/aromatic N) is 1. The fourth-order valence-electron chi connectivity index (χ4n) is 2.03. The standard InChI is InChI=1S/C18H30N4O4.HI/c1-5-19-18(22-13-17(23)20-9-10-24-3)21-12-14(2)26-16-8-6-7-15(11-16)25-4;/h6-8,11,14H,5,9-10,12-13H2,1-4H3,(H,20,23)(H2,19,21,22);1H. The van der Waals surface area contributed by atoms with Crippen molar-refractivity contribution in [1.29, 1.82) is 0 Å². The van der Waals surface area contributed by atoms with Crippen LogP contribution in [0.25, 0.3) is 0 Å². The van der Waals surface area contributed by atoms with Crippen LogP contribution in [0.5, 0.6) is 11.5 Å². The van der Waals surface area contributed by atoms with E-state index in [9.17, 15) is 4.79 Å². The van der Waals surface area contributed by atoms with Gasteiger partial charge in [0.05, 0.1) is 20.3 Å². The van der Waals surface area contributed by atoms with Gasteiger partial charge in [-0.25, -0.2) is 4.99 Å². The van der Waals surface area contributed by atoms with E-state index in [1.54, 1.807) is 14.2 Å². The summed E-state index contributed by atoms with van der Waals surface area (Å²) in [7, 11) is 3.21. The number of nitrogens with one attached hydrogen (secondary N) is 3. The summed E-state index contributed by atoms with van der Waals surface area (Å²) in [4.78, 5) is 16.0. The lowest BCUT2D eigenvalue weighted by molar-refractivity contribution is -0.119. The van der Waals surface area contributed by atoms with Crippen LogP contribution in [0.1, 0.15) is 13.8 Å². The zero-order valence-corrected chi connectivity index (χ0v) is 18.7. The Labute approximate surface area is 178 Å². The smallest absolute Gasteiger partial charge is 0.241 e. The Kier molecular flexibility index (Phi) is 14.3. The van der Waals surface area contributed by atoms with Crippen LogP contribution in [-0.2, 0) is 9.53 Å². The highest BCUT2D eigenvalue weighted by Gasteiger charge is 2.07. The first-order chi connectivity index (χ1) is 12.6.